The van der Waals surface area contributed by atoms with Crippen LogP contribution in [-0.4, -0.2) is 0 Å². The first-order chi connectivity index (χ1) is 13.5. The molecule has 0 bridgehead atoms. The summed E-state index contributed by atoms with van der Waals surface area (Å²) in [6.07, 6.45) is 20.0. The second-order valence-electron chi connectivity index (χ2n) is 7.83. The van der Waals surface area contributed by atoms with Crippen LogP contribution < -0.4 is 0 Å². The molecule has 2 aliphatic carbocycles. The minimum atomic E-state index is 0.516. The van der Waals surface area contributed by atoms with Crippen LogP contribution >= 0.6 is 0 Å². The predicted molar refractivity (Wildman–Crippen MR) is 124 cm³/mol. The lowest BCUT2D eigenvalue weighted by Gasteiger charge is -2.16. The highest BCUT2D eigenvalue weighted by molar-refractivity contribution is 5.67. The van der Waals surface area contributed by atoms with Crippen molar-refractivity contribution in [3.05, 3.63) is 124 Å². The van der Waals surface area contributed by atoms with Crippen molar-refractivity contribution >= 4 is 6.08 Å². The van der Waals surface area contributed by atoms with Gasteiger partial charge in [-0.3, -0.25) is 0 Å². The Morgan fingerprint density at radius 2 is 1.43 bits per heavy atom. The molecule has 142 valence electrons. The van der Waals surface area contributed by atoms with Crippen molar-refractivity contribution in [2.45, 2.75) is 34.6 Å². The average molecular weight is 367 g/mol. The number of hydrogen-bond donors (Lipinski definition) is 0. The van der Waals surface area contributed by atoms with Gasteiger partial charge in [0.2, 0.25) is 0 Å². The topological polar surface area (TPSA) is 0 Å². The maximum Gasteiger partial charge on any atom is -0.0117 e. The average Bonchev–Trinajstić information content (AvgIpc) is 2.92. The van der Waals surface area contributed by atoms with Crippen molar-refractivity contribution in [3.63, 3.8) is 0 Å². The van der Waals surface area contributed by atoms with E-state index < -0.39 is 0 Å². The molecule has 2 aliphatic rings. The Bertz CT molecular complexity index is 978. The second kappa shape index (κ2) is 8.89. The molecule has 0 atom stereocenters. The molecule has 0 fully saturated rings. The van der Waals surface area contributed by atoms with Gasteiger partial charge in [0.05, 0.1) is 0 Å². The largest absolute Gasteiger partial charge is 0.0622 e. The Labute approximate surface area is 170 Å². The fourth-order valence-electron chi connectivity index (χ4n) is 3.62. The third kappa shape index (κ3) is 4.51. The van der Waals surface area contributed by atoms with Gasteiger partial charge in [0.25, 0.3) is 0 Å². The van der Waals surface area contributed by atoms with Gasteiger partial charge in [-0.1, -0.05) is 98.9 Å². The monoisotopic (exact) mass is 366 g/mol. The van der Waals surface area contributed by atoms with E-state index in [0.717, 1.165) is 0 Å². The molecule has 0 amide bonds. The van der Waals surface area contributed by atoms with Gasteiger partial charge in [0.15, 0.2) is 0 Å². The highest BCUT2D eigenvalue weighted by atomic mass is 14.2. The van der Waals surface area contributed by atoms with Crippen LogP contribution in [0, 0.1) is 5.92 Å². The Kier molecular flexibility index (Phi) is 6.31. The highest BCUT2D eigenvalue weighted by Gasteiger charge is 2.19. The second-order valence-corrected chi connectivity index (χ2v) is 7.83. The van der Waals surface area contributed by atoms with Crippen LogP contribution in [0.2, 0.25) is 0 Å². The van der Waals surface area contributed by atoms with Gasteiger partial charge in [-0.15, -0.1) is 0 Å². The third-order valence-electron chi connectivity index (χ3n) is 5.39. The van der Waals surface area contributed by atoms with Gasteiger partial charge >= 0.3 is 0 Å². The lowest BCUT2D eigenvalue weighted by Crippen LogP contribution is -1.98. The SMILES string of the molecule is CC1=CC=C(/C=C/C=C/c2ccccc2)C(C)=C2C(C)=CC=C(C(C)C)C=C12. The Hall–Kier alpha value is -2.86. The molecule has 0 spiro atoms. The number of hydrogen-bond acceptors (Lipinski definition) is 0. The van der Waals surface area contributed by atoms with Crippen molar-refractivity contribution in [1.82, 2.24) is 0 Å². The van der Waals surface area contributed by atoms with E-state index in [1.54, 1.807) is 0 Å². The molecular weight excluding hydrogens is 336 g/mol. The summed E-state index contributed by atoms with van der Waals surface area (Å²) >= 11 is 0. The third-order valence-corrected chi connectivity index (χ3v) is 5.39. The maximum atomic E-state index is 2.37. The molecule has 0 heteroatoms. The molecule has 0 nitrogen and oxygen atoms in total. The van der Waals surface area contributed by atoms with E-state index in [2.05, 4.69) is 114 Å². The van der Waals surface area contributed by atoms with E-state index in [0.29, 0.717) is 5.92 Å². The molecule has 1 aromatic rings. The van der Waals surface area contributed by atoms with Crippen molar-refractivity contribution < 1.29 is 0 Å². The number of rotatable bonds is 4. The number of benzene rings is 1. The smallest absolute Gasteiger partial charge is 0.0117 e. The molecule has 3 rings (SSSR count). The summed E-state index contributed by atoms with van der Waals surface area (Å²) in [6, 6.07) is 10.4. The molecule has 0 unspecified atom stereocenters. The zero-order valence-electron chi connectivity index (χ0n) is 17.7. The fourth-order valence-corrected chi connectivity index (χ4v) is 3.62. The summed E-state index contributed by atoms with van der Waals surface area (Å²) in [5, 5.41) is 0. The molecule has 0 N–H and O–H groups in total. The molecule has 0 saturated carbocycles. The zero-order chi connectivity index (χ0) is 20.1. The van der Waals surface area contributed by atoms with Gasteiger partial charge in [-0.25, -0.2) is 0 Å². The van der Waals surface area contributed by atoms with Crippen molar-refractivity contribution in [3.8, 4) is 0 Å². The first kappa shape index (κ1) is 19.9. The highest BCUT2D eigenvalue weighted by Crippen LogP contribution is 2.37. The summed E-state index contributed by atoms with van der Waals surface area (Å²) in [5.74, 6) is 0.516. The molecule has 1 aromatic carbocycles. The van der Waals surface area contributed by atoms with E-state index in [-0.39, 0.29) is 0 Å². The molecule has 28 heavy (non-hydrogen) atoms. The van der Waals surface area contributed by atoms with Crippen LogP contribution in [0.4, 0.5) is 0 Å². The summed E-state index contributed by atoms with van der Waals surface area (Å²) in [7, 11) is 0. The summed E-state index contributed by atoms with van der Waals surface area (Å²) in [4.78, 5) is 0. The van der Waals surface area contributed by atoms with E-state index >= 15 is 0 Å². The fraction of sp³-hybridized carbons (Fsp3) is 0.214. The number of fused-ring (bicyclic) bond motifs is 1. The summed E-state index contributed by atoms with van der Waals surface area (Å²) in [6.45, 7) is 11.2. The Morgan fingerprint density at radius 3 is 2.14 bits per heavy atom. The molecule has 0 aromatic heterocycles. The Balaban J connectivity index is 1.96. The van der Waals surface area contributed by atoms with Crippen molar-refractivity contribution in [2.75, 3.05) is 0 Å². The van der Waals surface area contributed by atoms with Gasteiger partial charge in [0.1, 0.15) is 0 Å². The van der Waals surface area contributed by atoms with E-state index in [1.165, 1.54) is 44.6 Å². The van der Waals surface area contributed by atoms with E-state index in [9.17, 15) is 0 Å². The lowest BCUT2D eigenvalue weighted by atomic mass is 9.88. The first-order valence-corrected chi connectivity index (χ1v) is 10.1. The van der Waals surface area contributed by atoms with E-state index in [1.807, 2.05) is 6.07 Å². The zero-order valence-corrected chi connectivity index (χ0v) is 17.7. The van der Waals surface area contributed by atoms with Gasteiger partial charge in [-0.05, 0) is 71.3 Å². The quantitative estimate of drug-likeness (QED) is 0.475. The maximum absolute atomic E-state index is 2.37. The molecule has 0 heterocycles. The predicted octanol–water partition coefficient (Wildman–Crippen LogP) is 7.93. The van der Waals surface area contributed by atoms with Gasteiger partial charge < -0.3 is 0 Å². The van der Waals surface area contributed by atoms with Crippen LogP contribution in [0.25, 0.3) is 6.08 Å². The number of allylic oxidation sites excluding steroid dienone is 15. The molecule has 0 aliphatic heterocycles. The van der Waals surface area contributed by atoms with Gasteiger partial charge in [0, 0.05) is 0 Å². The van der Waals surface area contributed by atoms with Crippen LogP contribution in [0.3, 0.4) is 0 Å². The lowest BCUT2D eigenvalue weighted by molar-refractivity contribution is 0.791. The summed E-state index contributed by atoms with van der Waals surface area (Å²) < 4.78 is 0. The van der Waals surface area contributed by atoms with Crippen LogP contribution in [0.15, 0.2) is 118 Å². The molecular formula is C28H30. The van der Waals surface area contributed by atoms with Crippen molar-refractivity contribution in [1.29, 1.82) is 0 Å². The molecule has 0 saturated heterocycles. The van der Waals surface area contributed by atoms with E-state index in [4.69, 9.17) is 0 Å². The van der Waals surface area contributed by atoms with Gasteiger partial charge in [-0.2, -0.15) is 0 Å². The minimum absolute atomic E-state index is 0.516. The van der Waals surface area contributed by atoms with Crippen molar-refractivity contribution in [2.24, 2.45) is 5.92 Å². The summed E-state index contributed by atoms with van der Waals surface area (Å²) in [5.41, 5.74) is 10.5. The molecule has 0 radical (unpaired) electrons. The normalized spacial score (nSPS) is 17.7. The standard InChI is InChI=1S/C28H30/c1-20(2)26-18-16-22(4)28-23(5)25(17-15-21(3)27(28)19-26)14-10-9-13-24-11-7-6-8-12-24/h6-20H,1-5H3/b13-9+,14-10+. The van der Waals surface area contributed by atoms with Crippen LogP contribution in [-0.2, 0) is 0 Å². The minimum Gasteiger partial charge on any atom is -0.0622 e. The van der Waals surface area contributed by atoms with Crippen LogP contribution in [0.1, 0.15) is 40.2 Å². The van der Waals surface area contributed by atoms with Crippen LogP contribution in [0.5, 0.6) is 0 Å². The first-order valence-electron chi connectivity index (χ1n) is 10.1. The Morgan fingerprint density at radius 1 is 0.750 bits per heavy atom.